The van der Waals surface area contributed by atoms with Crippen molar-refractivity contribution < 1.29 is 13.9 Å². The summed E-state index contributed by atoms with van der Waals surface area (Å²) in [5, 5.41) is 3.05. The van der Waals surface area contributed by atoms with Crippen LogP contribution in [0.3, 0.4) is 0 Å². The highest BCUT2D eigenvalue weighted by atomic mass is 35.5. The van der Waals surface area contributed by atoms with Crippen LogP contribution >= 0.6 is 23.8 Å². The minimum absolute atomic E-state index is 0.0866. The van der Waals surface area contributed by atoms with Crippen LogP contribution in [0.1, 0.15) is 26.3 Å². The van der Waals surface area contributed by atoms with E-state index in [9.17, 15) is 9.18 Å². The molecule has 20 heavy (non-hydrogen) atoms. The van der Waals surface area contributed by atoms with Crippen LogP contribution in [0.4, 0.5) is 10.1 Å². The molecule has 6 heteroatoms. The van der Waals surface area contributed by atoms with Crippen molar-refractivity contribution in [1.29, 1.82) is 0 Å². The molecule has 1 N–H and O–H groups in total. The van der Waals surface area contributed by atoms with Crippen molar-refractivity contribution in [2.45, 2.75) is 27.2 Å². The number of anilines is 1. The van der Waals surface area contributed by atoms with Crippen LogP contribution in [0.2, 0.25) is 5.02 Å². The molecule has 0 unspecified atom stereocenters. The minimum Gasteiger partial charge on any atom is -0.486 e. The Hall–Kier alpha value is -1.20. The Bertz CT molecular complexity index is 520. The van der Waals surface area contributed by atoms with Crippen molar-refractivity contribution in [2.75, 3.05) is 11.9 Å². The second-order valence-corrected chi connectivity index (χ2v) is 5.72. The molecule has 1 amide bonds. The van der Waals surface area contributed by atoms with Gasteiger partial charge in [0.15, 0.2) is 5.05 Å². The summed E-state index contributed by atoms with van der Waals surface area (Å²) >= 11 is 11.1. The van der Waals surface area contributed by atoms with Crippen molar-refractivity contribution in [2.24, 2.45) is 5.92 Å². The third-order valence-corrected chi connectivity index (χ3v) is 2.97. The molecule has 1 rings (SSSR count). The standard InChI is InChI=1S/C14H17ClFNO2S/c1-8(2)7-19-14(20)5-10-4-13(17-9(3)18)12(16)6-11(10)15/h4,6,8H,5,7H2,1-3H3,(H,17,18). The normalized spacial score (nSPS) is 10.5. The highest BCUT2D eigenvalue weighted by Crippen LogP contribution is 2.25. The second-order valence-electron chi connectivity index (χ2n) is 4.86. The molecular formula is C14H17ClFNO2S. The summed E-state index contributed by atoms with van der Waals surface area (Å²) in [7, 11) is 0. The Morgan fingerprint density at radius 1 is 1.50 bits per heavy atom. The van der Waals surface area contributed by atoms with Crippen LogP contribution in [0.5, 0.6) is 0 Å². The third kappa shape index (κ3) is 5.43. The lowest BCUT2D eigenvalue weighted by atomic mass is 10.1. The number of hydrogen-bond donors (Lipinski definition) is 1. The summed E-state index contributed by atoms with van der Waals surface area (Å²) in [6, 6.07) is 2.64. The lowest BCUT2D eigenvalue weighted by Gasteiger charge is -2.12. The number of benzene rings is 1. The number of rotatable bonds is 5. The predicted octanol–water partition coefficient (Wildman–Crippen LogP) is 3.98. The second kappa shape index (κ2) is 7.55. The van der Waals surface area contributed by atoms with Crippen molar-refractivity contribution in [3.63, 3.8) is 0 Å². The van der Waals surface area contributed by atoms with E-state index in [0.717, 1.165) is 6.07 Å². The van der Waals surface area contributed by atoms with Gasteiger partial charge in [-0.15, -0.1) is 0 Å². The van der Waals surface area contributed by atoms with Crippen molar-refractivity contribution in [3.05, 3.63) is 28.5 Å². The summed E-state index contributed by atoms with van der Waals surface area (Å²) in [6.45, 7) is 5.87. The van der Waals surface area contributed by atoms with Gasteiger partial charge < -0.3 is 10.1 Å². The zero-order valence-electron chi connectivity index (χ0n) is 11.6. The fourth-order valence-electron chi connectivity index (χ4n) is 1.48. The van der Waals surface area contributed by atoms with Gasteiger partial charge in [-0.25, -0.2) is 4.39 Å². The Morgan fingerprint density at radius 3 is 2.70 bits per heavy atom. The van der Waals surface area contributed by atoms with Crippen LogP contribution in [-0.4, -0.2) is 17.6 Å². The predicted molar refractivity (Wildman–Crippen MR) is 82.8 cm³/mol. The molecule has 0 bridgehead atoms. The van der Waals surface area contributed by atoms with E-state index >= 15 is 0 Å². The zero-order chi connectivity index (χ0) is 15.3. The highest BCUT2D eigenvalue weighted by molar-refractivity contribution is 7.80. The summed E-state index contributed by atoms with van der Waals surface area (Å²) in [4.78, 5) is 11.0. The average Bonchev–Trinajstić information content (AvgIpc) is 2.32. The summed E-state index contributed by atoms with van der Waals surface area (Å²) in [5.41, 5.74) is 0.703. The van der Waals surface area contributed by atoms with Crippen LogP contribution in [0.15, 0.2) is 12.1 Å². The summed E-state index contributed by atoms with van der Waals surface area (Å²) in [5.74, 6) is -0.564. The maximum Gasteiger partial charge on any atom is 0.221 e. The topological polar surface area (TPSA) is 38.3 Å². The SMILES string of the molecule is CC(=O)Nc1cc(CC(=S)OCC(C)C)c(Cl)cc1F. The molecule has 0 saturated carbocycles. The van der Waals surface area contributed by atoms with Gasteiger partial charge in [0.25, 0.3) is 0 Å². The molecule has 0 aromatic heterocycles. The number of halogens is 2. The average molecular weight is 318 g/mol. The Labute approximate surface area is 128 Å². The maximum absolute atomic E-state index is 13.6. The number of hydrogen-bond acceptors (Lipinski definition) is 3. The smallest absolute Gasteiger partial charge is 0.221 e. The molecule has 0 atom stereocenters. The maximum atomic E-state index is 13.6. The molecule has 0 saturated heterocycles. The molecule has 3 nitrogen and oxygen atoms in total. The number of carbonyl (C=O) groups excluding carboxylic acids is 1. The first-order valence-electron chi connectivity index (χ1n) is 6.20. The molecule has 1 aromatic carbocycles. The van der Waals surface area contributed by atoms with E-state index in [4.69, 9.17) is 28.6 Å². The van der Waals surface area contributed by atoms with Gasteiger partial charge in [-0.3, -0.25) is 4.79 Å². The van der Waals surface area contributed by atoms with E-state index in [-0.39, 0.29) is 16.6 Å². The van der Waals surface area contributed by atoms with Gasteiger partial charge in [0.2, 0.25) is 5.91 Å². The molecule has 0 aliphatic rings. The zero-order valence-corrected chi connectivity index (χ0v) is 13.2. The molecule has 1 aromatic rings. The fourth-order valence-corrected chi connectivity index (χ4v) is 1.92. The van der Waals surface area contributed by atoms with Gasteiger partial charge >= 0.3 is 0 Å². The van der Waals surface area contributed by atoms with Gasteiger partial charge in [0.05, 0.1) is 12.3 Å². The summed E-state index contributed by atoms with van der Waals surface area (Å²) < 4.78 is 19.0. The van der Waals surface area contributed by atoms with Gasteiger partial charge in [-0.2, -0.15) is 0 Å². The van der Waals surface area contributed by atoms with E-state index in [1.54, 1.807) is 0 Å². The number of ether oxygens (including phenoxy) is 1. The first-order chi connectivity index (χ1) is 9.29. The lowest BCUT2D eigenvalue weighted by molar-refractivity contribution is -0.114. The number of amides is 1. The van der Waals surface area contributed by atoms with E-state index in [1.165, 1.54) is 13.0 Å². The van der Waals surface area contributed by atoms with E-state index in [1.807, 2.05) is 13.8 Å². The van der Waals surface area contributed by atoms with Crippen LogP contribution in [0.25, 0.3) is 0 Å². The lowest BCUT2D eigenvalue weighted by Crippen LogP contribution is -2.12. The highest BCUT2D eigenvalue weighted by Gasteiger charge is 2.12. The molecule has 0 heterocycles. The first kappa shape index (κ1) is 16.9. The number of thiocarbonyl (C=S) groups is 1. The van der Waals surface area contributed by atoms with E-state index in [0.29, 0.717) is 29.6 Å². The van der Waals surface area contributed by atoms with E-state index < -0.39 is 5.82 Å². The van der Waals surface area contributed by atoms with Gasteiger partial charge in [0, 0.05) is 18.4 Å². The quantitative estimate of drug-likeness (QED) is 0.835. The van der Waals surface area contributed by atoms with Crippen LogP contribution in [-0.2, 0) is 16.0 Å². The van der Waals surface area contributed by atoms with Crippen LogP contribution in [0, 0.1) is 11.7 Å². The molecule has 0 aliphatic carbocycles. The molecule has 0 fully saturated rings. The Kier molecular flexibility index (Phi) is 6.36. The molecule has 110 valence electrons. The third-order valence-electron chi connectivity index (χ3n) is 2.36. The van der Waals surface area contributed by atoms with Gasteiger partial charge in [-0.05, 0) is 35.8 Å². The van der Waals surface area contributed by atoms with E-state index in [2.05, 4.69) is 5.32 Å². The molecule has 0 aliphatic heterocycles. The minimum atomic E-state index is -0.581. The molecular weight excluding hydrogens is 301 g/mol. The largest absolute Gasteiger partial charge is 0.486 e. The van der Waals surface area contributed by atoms with Gasteiger partial charge in [0.1, 0.15) is 5.82 Å². The first-order valence-corrected chi connectivity index (χ1v) is 6.99. The number of carbonyl (C=O) groups is 1. The van der Waals surface area contributed by atoms with Crippen molar-refractivity contribution >= 4 is 40.5 Å². The van der Waals surface area contributed by atoms with Crippen molar-refractivity contribution in [1.82, 2.24) is 0 Å². The molecule has 0 spiro atoms. The Morgan fingerprint density at radius 2 is 2.15 bits per heavy atom. The van der Waals surface area contributed by atoms with Gasteiger partial charge in [-0.1, -0.05) is 25.4 Å². The molecule has 0 radical (unpaired) electrons. The number of nitrogens with one attached hydrogen (secondary N) is 1. The van der Waals surface area contributed by atoms with Crippen LogP contribution < -0.4 is 5.32 Å². The summed E-state index contributed by atoms with van der Waals surface area (Å²) in [6.07, 6.45) is 0.299. The Balaban J connectivity index is 2.83. The monoisotopic (exact) mass is 317 g/mol. The fraction of sp³-hybridized carbons (Fsp3) is 0.429. The van der Waals surface area contributed by atoms with Crippen molar-refractivity contribution in [3.8, 4) is 0 Å².